The van der Waals surface area contributed by atoms with Gasteiger partial charge in [0, 0.05) is 36.3 Å². The van der Waals surface area contributed by atoms with E-state index in [0.717, 1.165) is 22.0 Å². The summed E-state index contributed by atoms with van der Waals surface area (Å²) in [5.41, 5.74) is 3.05. The zero-order chi connectivity index (χ0) is 31.2. The Hall–Kier alpha value is -4.92. The van der Waals surface area contributed by atoms with Crippen molar-refractivity contribution in [2.75, 3.05) is 6.61 Å². The molecule has 0 amide bonds. The van der Waals surface area contributed by atoms with Gasteiger partial charge in [-0.15, -0.1) is 0 Å². The van der Waals surface area contributed by atoms with Gasteiger partial charge < -0.3 is 9.84 Å². The first-order chi connectivity index (χ1) is 20.7. The fourth-order valence-corrected chi connectivity index (χ4v) is 3.52. The number of aromatic carboxylic acids is 1. The minimum atomic E-state index is -1.02. The fourth-order valence-electron chi connectivity index (χ4n) is 3.19. The van der Waals surface area contributed by atoms with Gasteiger partial charge in [-0.05, 0) is 41.8 Å². The van der Waals surface area contributed by atoms with E-state index in [-0.39, 0.29) is 5.56 Å². The number of halogens is 4. The van der Waals surface area contributed by atoms with Crippen molar-refractivity contribution in [1.82, 2.24) is 34.5 Å². The van der Waals surface area contributed by atoms with E-state index in [2.05, 4.69) is 41.1 Å². The zero-order valence-corrected chi connectivity index (χ0v) is 24.2. The number of carboxylic acids is 1. The predicted molar refractivity (Wildman–Crippen MR) is 151 cm³/mol. The summed E-state index contributed by atoms with van der Waals surface area (Å²) in [6.45, 7) is 2.85. The van der Waals surface area contributed by atoms with E-state index in [0.29, 0.717) is 25.3 Å². The van der Waals surface area contributed by atoms with Crippen molar-refractivity contribution in [2.24, 2.45) is 0 Å². The van der Waals surface area contributed by atoms with Crippen molar-refractivity contribution in [3.63, 3.8) is 0 Å². The van der Waals surface area contributed by atoms with Gasteiger partial charge in [-0.25, -0.2) is 24.5 Å². The fraction of sp³-hybridized carbons (Fsp3) is 0.179. The second kappa shape index (κ2) is 16.5. The van der Waals surface area contributed by atoms with Crippen molar-refractivity contribution in [1.29, 1.82) is 0 Å². The Morgan fingerprint density at radius 1 is 0.744 bits per heavy atom. The third-order valence-electron chi connectivity index (χ3n) is 5.23. The molecule has 5 aromatic heterocycles. The molecular formula is C28H25BrF3N7O4. The summed E-state index contributed by atoms with van der Waals surface area (Å²) in [7, 11) is 0. The number of carbonyl (C=O) groups excluding carboxylic acids is 1. The van der Waals surface area contributed by atoms with Crippen LogP contribution >= 0.6 is 15.9 Å². The molecule has 5 rings (SSSR count). The lowest BCUT2D eigenvalue weighted by molar-refractivity contribution is 0.0525. The van der Waals surface area contributed by atoms with Gasteiger partial charge in [0.1, 0.15) is 0 Å². The van der Waals surface area contributed by atoms with E-state index in [1.165, 1.54) is 60.1 Å². The summed E-state index contributed by atoms with van der Waals surface area (Å²) in [6.07, 6.45) is 10.0. The molecule has 0 aromatic carbocycles. The van der Waals surface area contributed by atoms with Crippen LogP contribution in [0.4, 0.5) is 13.2 Å². The molecule has 0 bridgehead atoms. The molecular weight excluding hydrogens is 635 g/mol. The maximum Gasteiger partial charge on any atom is 0.341 e. The van der Waals surface area contributed by atoms with Crippen LogP contribution in [0, 0.1) is 17.8 Å². The third-order valence-corrected chi connectivity index (χ3v) is 5.88. The second-order valence-corrected chi connectivity index (χ2v) is 9.04. The summed E-state index contributed by atoms with van der Waals surface area (Å²) in [6, 6.07) is 8.76. The van der Waals surface area contributed by atoms with Crippen LogP contribution in [0.3, 0.4) is 0 Å². The molecule has 11 nitrogen and oxygen atoms in total. The number of hydrogen-bond acceptors (Lipinski definition) is 8. The number of ether oxygens (including phenoxy) is 1. The quantitative estimate of drug-likeness (QED) is 0.140. The highest BCUT2D eigenvalue weighted by Gasteiger charge is 2.09. The van der Waals surface area contributed by atoms with Crippen LogP contribution in [0.2, 0.25) is 0 Å². The SMILES string of the molecule is CCOC(=O)c1cnn(Cc2ccc(F)nc2)c1.Fc1ccc(CBr)cn1.O=C(O)c1cnn(Cc2ccc(F)nc2)c1. The molecule has 0 aliphatic carbocycles. The number of rotatable bonds is 8. The number of hydrogen-bond donors (Lipinski definition) is 1. The summed E-state index contributed by atoms with van der Waals surface area (Å²) < 4.78 is 45.1. The van der Waals surface area contributed by atoms with Gasteiger partial charge >= 0.3 is 11.9 Å². The highest BCUT2D eigenvalue weighted by molar-refractivity contribution is 9.08. The Bertz CT molecular complexity index is 1600. The molecule has 5 heterocycles. The lowest BCUT2D eigenvalue weighted by Crippen LogP contribution is -2.04. The Kier molecular flexibility index (Phi) is 12.5. The molecule has 0 fully saturated rings. The molecule has 1 N–H and O–H groups in total. The highest BCUT2D eigenvalue weighted by Crippen LogP contribution is 2.06. The molecule has 0 spiro atoms. The van der Waals surface area contributed by atoms with Gasteiger partial charge in [-0.2, -0.15) is 23.4 Å². The lowest BCUT2D eigenvalue weighted by Gasteiger charge is -2.00. The first-order valence-electron chi connectivity index (χ1n) is 12.5. The normalized spacial score (nSPS) is 10.2. The van der Waals surface area contributed by atoms with E-state index in [4.69, 9.17) is 9.84 Å². The summed E-state index contributed by atoms with van der Waals surface area (Å²) in [5.74, 6) is -2.92. The number of carbonyl (C=O) groups is 2. The van der Waals surface area contributed by atoms with Gasteiger partial charge in [-0.3, -0.25) is 9.36 Å². The third kappa shape index (κ3) is 11.1. The first-order valence-corrected chi connectivity index (χ1v) is 13.6. The van der Waals surface area contributed by atoms with Crippen molar-refractivity contribution < 1.29 is 32.6 Å². The van der Waals surface area contributed by atoms with Crippen LogP contribution in [0.15, 0.2) is 79.8 Å². The zero-order valence-electron chi connectivity index (χ0n) is 22.6. The van der Waals surface area contributed by atoms with Crippen molar-refractivity contribution in [3.05, 3.63) is 125 Å². The number of pyridine rings is 3. The number of nitrogens with zero attached hydrogens (tertiary/aromatic N) is 7. The van der Waals surface area contributed by atoms with Crippen LogP contribution < -0.4 is 0 Å². The molecule has 0 radical (unpaired) electrons. The van der Waals surface area contributed by atoms with Crippen LogP contribution in [0.5, 0.6) is 0 Å². The summed E-state index contributed by atoms with van der Waals surface area (Å²) in [5, 5.41) is 17.3. The molecule has 0 atom stereocenters. The predicted octanol–water partition coefficient (Wildman–Crippen LogP) is 4.92. The van der Waals surface area contributed by atoms with Crippen molar-refractivity contribution in [3.8, 4) is 0 Å². The van der Waals surface area contributed by atoms with Crippen LogP contribution in [-0.2, 0) is 23.2 Å². The monoisotopic (exact) mass is 659 g/mol. The molecule has 0 aliphatic heterocycles. The molecule has 0 saturated heterocycles. The maximum absolute atomic E-state index is 12.6. The topological polar surface area (TPSA) is 138 Å². The van der Waals surface area contributed by atoms with Crippen LogP contribution in [-0.4, -0.2) is 58.2 Å². The van der Waals surface area contributed by atoms with Gasteiger partial charge in [0.2, 0.25) is 17.8 Å². The largest absolute Gasteiger partial charge is 0.478 e. The Labute approximate surface area is 252 Å². The van der Waals surface area contributed by atoms with Crippen molar-refractivity contribution in [2.45, 2.75) is 25.3 Å². The van der Waals surface area contributed by atoms with E-state index >= 15 is 0 Å². The Balaban J connectivity index is 0.000000186. The first kappa shape index (κ1) is 32.6. The van der Waals surface area contributed by atoms with Gasteiger partial charge in [0.25, 0.3) is 0 Å². The van der Waals surface area contributed by atoms with E-state index in [9.17, 15) is 22.8 Å². The number of aromatic nitrogens is 7. The summed E-state index contributed by atoms with van der Waals surface area (Å²) >= 11 is 3.22. The maximum atomic E-state index is 12.6. The number of alkyl halides is 1. The molecule has 0 saturated carbocycles. The van der Waals surface area contributed by atoms with Crippen LogP contribution in [0.1, 0.15) is 44.3 Å². The Morgan fingerprint density at radius 2 is 1.19 bits per heavy atom. The van der Waals surface area contributed by atoms with Crippen molar-refractivity contribution >= 4 is 27.9 Å². The van der Waals surface area contributed by atoms with Crippen LogP contribution in [0.25, 0.3) is 0 Å². The highest BCUT2D eigenvalue weighted by atomic mass is 79.9. The van der Waals surface area contributed by atoms with E-state index in [1.54, 1.807) is 36.0 Å². The van der Waals surface area contributed by atoms with Gasteiger partial charge in [0.15, 0.2) is 0 Å². The molecule has 5 aromatic rings. The molecule has 0 aliphatic rings. The lowest BCUT2D eigenvalue weighted by atomic mass is 10.3. The number of esters is 1. The molecule has 0 unspecified atom stereocenters. The Morgan fingerprint density at radius 3 is 1.56 bits per heavy atom. The minimum absolute atomic E-state index is 0.120. The second-order valence-electron chi connectivity index (χ2n) is 8.48. The van der Waals surface area contributed by atoms with Gasteiger partial charge in [-0.1, -0.05) is 34.1 Å². The smallest absolute Gasteiger partial charge is 0.341 e. The van der Waals surface area contributed by atoms with E-state index < -0.39 is 29.8 Å². The standard InChI is InChI=1S/C12H12FN3O2.C10H8FN3O2.C6H5BrFN/c1-2-18-12(17)10-6-15-16(8-10)7-9-3-4-11(13)14-5-9;11-9-2-1-7(3-12-9)5-14-6-8(4-13-14)10(15)16;7-3-5-1-2-6(8)9-4-5/h3-6,8H,2,7H2,1H3;1-4,6H,5H2,(H,15,16);1-2,4H,3H2. The average molecular weight is 660 g/mol. The minimum Gasteiger partial charge on any atom is -0.478 e. The average Bonchev–Trinajstić information content (AvgIpc) is 3.67. The number of carboxylic acid groups (broad SMARTS) is 1. The molecule has 15 heteroatoms. The van der Waals surface area contributed by atoms with E-state index in [1.807, 2.05) is 0 Å². The summed E-state index contributed by atoms with van der Waals surface area (Å²) in [4.78, 5) is 32.5. The molecule has 43 heavy (non-hydrogen) atoms. The van der Waals surface area contributed by atoms with Gasteiger partial charge in [0.05, 0.1) is 43.2 Å². The molecule has 224 valence electrons.